The second-order valence-electron chi connectivity index (χ2n) is 3.93. The summed E-state index contributed by atoms with van der Waals surface area (Å²) in [5, 5.41) is 0. The fourth-order valence-electron chi connectivity index (χ4n) is 1.51. The standard InChI is InChI=1S/C9H10N2O3S/c1-9(2)6-5-10-4-3-7(6)15(13,14)11-8(9)12/h3-5H,1-2H3,(H,11,12). The number of carbonyl (C=O) groups is 1. The van der Waals surface area contributed by atoms with Crippen molar-refractivity contribution in [3.05, 3.63) is 24.0 Å². The third-order valence-electron chi connectivity index (χ3n) is 2.54. The Morgan fingerprint density at radius 2 is 2.07 bits per heavy atom. The molecule has 1 amide bonds. The lowest BCUT2D eigenvalue weighted by Gasteiger charge is -2.30. The van der Waals surface area contributed by atoms with Crippen LogP contribution in [0, 0.1) is 0 Å². The molecule has 2 rings (SSSR count). The highest BCUT2D eigenvalue weighted by molar-refractivity contribution is 7.90. The number of nitrogens with one attached hydrogen (secondary N) is 1. The average Bonchev–Trinajstić information content (AvgIpc) is 2.15. The number of carbonyl (C=O) groups excluding carboxylic acids is 1. The number of aromatic nitrogens is 1. The van der Waals surface area contributed by atoms with E-state index in [1.807, 2.05) is 4.72 Å². The van der Waals surface area contributed by atoms with Gasteiger partial charge in [-0.2, -0.15) is 0 Å². The molecule has 5 nitrogen and oxygen atoms in total. The summed E-state index contributed by atoms with van der Waals surface area (Å²) in [4.78, 5) is 15.6. The maximum Gasteiger partial charge on any atom is 0.264 e. The summed E-state index contributed by atoms with van der Waals surface area (Å²) >= 11 is 0. The second kappa shape index (κ2) is 2.79. The van der Waals surface area contributed by atoms with E-state index in [1.54, 1.807) is 13.8 Å². The zero-order valence-electron chi connectivity index (χ0n) is 8.31. The molecule has 15 heavy (non-hydrogen) atoms. The van der Waals surface area contributed by atoms with Gasteiger partial charge >= 0.3 is 0 Å². The lowest BCUT2D eigenvalue weighted by molar-refractivity contribution is -0.124. The highest BCUT2D eigenvalue weighted by Gasteiger charge is 2.42. The van der Waals surface area contributed by atoms with Crippen LogP contribution >= 0.6 is 0 Å². The van der Waals surface area contributed by atoms with E-state index in [4.69, 9.17) is 0 Å². The Kier molecular flexibility index (Phi) is 1.88. The van der Waals surface area contributed by atoms with Gasteiger partial charge in [-0.3, -0.25) is 9.78 Å². The van der Waals surface area contributed by atoms with Gasteiger partial charge in [-0.25, -0.2) is 13.1 Å². The van der Waals surface area contributed by atoms with Crippen LogP contribution in [0.5, 0.6) is 0 Å². The van der Waals surface area contributed by atoms with Gasteiger partial charge in [0, 0.05) is 18.0 Å². The molecule has 80 valence electrons. The molecular formula is C9H10N2O3S. The van der Waals surface area contributed by atoms with Crippen LogP contribution < -0.4 is 4.72 Å². The first-order valence-electron chi connectivity index (χ1n) is 4.37. The first-order chi connectivity index (χ1) is 6.86. The van der Waals surface area contributed by atoms with Crippen molar-refractivity contribution in [2.45, 2.75) is 24.2 Å². The van der Waals surface area contributed by atoms with E-state index >= 15 is 0 Å². The third-order valence-corrected chi connectivity index (χ3v) is 3.93. The molecule has 0 saturated heterocycles. The van der Waals surface area contributed by atoms with Crippen LogP contribution in [0.15, 0.2) is 23.4 Å². The largest absolute Gasteiger partial charge is 0.273 e. The van der Waals surface area contributed by atoms with Crippen molar-refractivity contribution in [3.63, 3.8) is 0 Å². The molecule has 0 saturated carbocycles. The first kappa shape index (κ1) is 10.1. The summed E-state index contributed by atoms with van der Waals surface area (Å²) < 4.78 is 25.2. The quantitative estimate of drug-likeness (QED) is 0.684. The first-order valence-corrected chi connectivity index (χ1v) is 5.86. The Hall–Kier alpha value is -1.43. The Morgan fingerprint density at radius 3 is 2.73 bits per heavy atom. The van der Waals surface area contributed by atoms with Gasteiger partial charge in [-0.15, -0.1) is 0 Å². The minimum Gasteiger partial charge on any atom is -0.273 e. The summed E-state index contributed by atoms with van der Waals surface area (Å²) in [6.07, 6.45) is 2.82. The molecule has 0 unspecified atom stereocenters. The molecular weight excluding hydrogens is 216 g/mol. The normalized spacial score (nSPS) is 21.6. The van der Waals surface area contributed by atoms with Crippen molar-refractivity contribution >= 4 is 15.9 Å². The molecule has 0 bridgehead atoms. The Morgan fingerprint density at radius 1 is 1.40 bits per heavy atom. The van der Waals surface area contributed by atoms with Crippen LogP contribution in [0.4, 0.5) is 0 Å². The molecule has 2 heterocycles. The Bertz CT molecular complexity index is 534. The molecule has 1 aliphatic heterocycles. The monoisotopic (exact) mass is 226 g/mol. The Balaban J connectivity index is 2.82. The number of hydrogen-bond acceptors (Lipinski definition) is 4. The van der Waals surface area contributed by atoms with Crippen molar-refractivity contribution in [1.82, 2.24) is 9.71 Å². The number of hydrogen-bond donors (Lipinski definition) is 1. The van der Waals surface area contributed by atoms with Crippen molar-refractivity contribution in [2.75, 3.05) is 0 Å². The minimum atomic E-state index is -3.70. The molecule has 0 fully saturated rings. The van der Waals surface area contributed by atoms with Crippen molar-refractivity contribution in [3.8, 4) is 0 Å². The molecule has 1 aliphatic rings. The van der Waals surface area contributed by atoms with Gasteiger partial charge in [0.05, 0.1) is 10.3 Å². The van der Waals surface area contributed by atoms with E-state index < -0.39 is 21.3 Å². The summed E-state index contributed by atoms with van der Waals surface area (Å²) in [6.45, 7) is 3.33. The predicted molar refractivity (Wildman–Crippen MR) is 52.6 cm³/mol. The molecule has 0 radical (unpaired) electrons. The molecule has 1 N–H and O–H groups in total. The summed E-state index contributed by atoms with van der Waals surface area (Å²) in [7, 11) is -3.70. The lowest BCUT2D eigenvalue weighted by atomic mass is 9.85. The maximum absolute atomic E-state index is 11.6. The van der Waals surface area contributed by atoms with Crippen LogP contribution in [0.3, 0.4) is 0 Å². The smallest absolute Gasteiger partial charge is 0.264 e. The van der Waals surface area contributed by atoms with Crippen LogP contribution in [-0.2, 0) is 20.2 Å². The minimum absolute atomic E-state index is 0.127. The highest BCUT2D eigenvalue weighted by Crippen LogP contribution is 2.32. The van der Waals surface area contributed by atoms with Crippen molar-refractivity contribution in [1.29, 1.82) is 0 Å². The van der Waals surface area contributed by atoms with Gasteiger partial charge < -0.3 is 0 Å². The summed E-state index contributed by atoms with van der Waals surface area (Å²) in [6, 6.07) is 1.39. The van der Waals surface area contributed by atoms with Crippen LogP contribution in [0.1, 0.15) is 19.4 Å². The van der Waals surface area contributed by atoms with E-state index in [0.717, 1.165) is 0 Å². The fourth-order valence-corrected chi connectivity index (χ4v) is 2.96. The summed E-state index contributed by atoms with van der Waals surface area (Å²) in [5.41, 5.74) is -0.427. The van der Waals surface area contributed by atoms with Gasteiger partial charge in [0.25, 0.3) is 10.0 Å². The molecule has 6 heteroatoms. The predicted octanol–water partition coefficient (Wildman–Crippen LogP) is 0.178. The number of rotatable bonds is 0. The fraction of sp³-hybridized carbons (Fsp3) is 0.333. The van der Waals surface area contributed by atoms with E-state index in [-0.39, 0.29) is 4.90 Å². The van der Waals surface area contributed by atoms with Crippen LogP contribution in [0.2, 0.25) is 0 Å². The van der Waals surface area contributed by atoms with Gasteiger partial charge in [-0.1, -0.05) is 0 Å². The van der Waals surface area contributed by atoms with Gasteiger partial charge in [-0.05, 0) is 19.9 Å². The summed E-state index contributed by atoms with van der Waals surface area (Å²) in [5.74, 6) is -0.525. The zero-order chi connectivity index (χ0) is 11.3. The lowest BCUT2D eigenvalue weighted by Crippen LogP contribution is -2.48. The van der Waals surface area contributed by atoms with E-state index in [0.29, 0.717) is 5.56 Å². The number of amides is 1. The number of sulfonamides is 1. The van der Waals surface area contributed by atoms with Crippen molar-refractivity contribution < 1.29 is 13.2 Å². The number of pyridine rings is 1. The van der Waals surface area contributed by atoms with Gasteiger partial charge in [0.2, 0.25) is 5.91 Å². The van der Waals surface area contributed by atoms with Crippen molar-refractivity contribution in [2.24, 2.45) is 0 Å². The Labute approximate surface area is 87.6 Å². The number of nitrogens with zero attached hydrogens (tertiary/aromatic N) is 1. The SMILES string of the molecule is CC1(C)C(=O)NS(=O)(=O)c2ccncc21. The molecule has 0 aliphatic carbocycles. The van der Waals surface area contributed by atoms with Gasteiger partial charge in [0.15, 0.2) is 0 Å². The molecule has 0 spiro atoms. The van der Waals surface area contributed by atoms with Gasteiger partial charge in [0.1, 0.15) is 0 Å². The topological polar surface area (TPSA) is 76.1 Å². The zero-order valence-corrected chi connectivity index (χ0v) is 9.13. The van der Waals surface area contributed by atoms with E-state index in [9.17, 15) is 13.2 Å². The highest BCUT2D eigenvalue weighted by atomic mass is 32.2. The van der Waals surface area contributed by atoms with E-state index in [1.165, 1.54) is 18.5 Å². The molecule has 0 atom stereocenters. The maximum atomic E-state index is 11.6. The van der Waals surface area contributed by atoms with E-state index in [2.05, 4.69) is 4.98 Å². The third kappa shape index (κ3) is 1.32. The van der Waals surface area contributed by atoms with Crippen LogP contribution in [0.25, 0.3) is 0 Å². The average molecular weight is 226 g/mol. The molecule has 1 aromatic rings. The second-order valence-corrected chi connectivity index (χ2v) is 5.58. The number of fused-ring (bicyclic) bond motifs is 1. The molecule has 0 aromatic carbocycles. The molecule has 1 aromatic heterocycles. The van der Waals surface area contributed by atoms with Crippen LogP contribution in [-0.4, -0.2) is 19.3 Å².